The molecule has 0 fully saturated rings. The molecule has 1 heterocycles. The monoisotopic (exact) mass is 580 g/mol. The molecular weight excluding hydrogens is 554 g/mol. The van der Waals surface area contributed by atoms with Crippen LogP contribution in [0, 0.1) is 5.95 Å². The molecule has 216 valence electrons. The minimum Gasteiger partial charge on any atom is -0.481 e. The van der Waals surface area contributed by atoms with Crippen LogP contribution in [0.15, 0.2) is 18.2 Å². The van der Waals surface area contributed by atoms with Crippen LogP contribution < -0.4 is 15.7 Å². The van der Waals surface area contributed by atoms with Crippen LogP contribution in [0.5, 0.6) is 0 Å². The summed E-state index contributed by atoms with van der Waals surface area (Å²) >= 11 is 0. The largest absolute Gasteiger partial charge is 0.481 e. The second-order valence-electron chi connectivity index (χ2n) is 7.80. The molecule has 17 nitrogen and oxygen atoms in total. The van der Waals surface area contributed by atoms with Crippen LogP contribution in [0.2, 0.25) is 0 Å². The first-order valence-corrected chi connectivity index (χ1v) is 12.6. The summed E-state index contributed by atoms with van der Waals surface area (Å²) < 4.78 is 29.8. The molecule has 0 saturated heterocycles. The predicted molar refractivity (Wildman–Crippen MR) is 124 cm³/mol. The van der Waals surface area contributed by atoms with Crippen molar-refractivity contribution >= 4 is 43.4 Å². The second kappa shape index (κ2) is 15.4. The third kappa shape index (κ3) is 12.9. The lowest BCUT2D eigenvalue weighted by atomic mass is 10.1. The molecule has 0 bridgehead atoms. The topological polar surface area (TPSA) is 279 Å². The fourth-order valence-corrected chi connectivity index (χ4v) is 3.92. The van der Waals surface area contributed by atoms with E-state index < -0.39 is 112 Å². The fraction of sp³-hybridized carbons (Fsp3) is 0.450. The van der Waals surface area contributed by atoms with Crippen molar-refractivity contribution in [2.75, 3.05) is 6.61 Å². The van der Waals surface area contributed by atoms with Gasteiger partial charge < -0.3 is 36.0 Å². The van der Waals surface area contributed by atoms with Gasteiger partial charge in [-0.2, -0.15) is 4.39 Å². The van der Waals surface area contributed by atoms with E-state index >= 15 is 0 Å². The van der Waals surface area contributed by atoms with Gasteiger partial charge in [-0.05, 0) is 25.0 Å². The molecule has 0 saturated carbocycles. The zero-order valence-corrected chi connectivity index (χ0v) is 20.9. The van der Waals surface area contributed by atoms with E-state index in [1.165, 1.54) is 6.07 Å². The summed E-state index contributed by atoms with van der Waals surface area (Å²) in [4.78, 5) is 81.9. The van der Waals surface area contributed by atoms with E-state index in [9.17, 15) is 52.8 Å². The van der Waals surface area contributed by atoms with Gasteiger partial charge in [0.05, 0.1) is 6.61 Å². The van der Waals surface area contributed by atoms with Crippen molar-refractivity contribution in [3.8, 4) is 0 Å². The summed E-state index contributed by atoms with van der Waals surface area (Å²) in [5, 5.41) is 42.1. The first-order valence-electron chi connectivity index (χ1n) is 11.0. The molecule has 39 heavy (non-hydrogen) atoms. The molecule has 0 radical (unpaired) electrons. The molecule has 8 N–H and O–H groups in total. The lowest BCUT2D eigenvalue weighted by Crippen LogP contribution is -2.44. The highest BCUT2D eigenvalue weighted by Crippen LogP contribution is 2.38. The molecule has 1 aromatic heterocycles. The highest BCUT2D eigenvalue weighted by molar-refractivity contribution is 7.50. The number of amides is 2. The minimum absolute atomic E-state index is 0.413. The summed E-state index contributed by atoms with van der Waals surface area (Å²) in [6.45, 7) is -0.766. The third-order valence-electron chi connectivity index (χ3n) is 4.78. The van der Waals surface area contributed by atoms with E-state index in [1.807, 2.05) is 5.32 Å². The Balaban J connectivity index is 2.63. The number of halogens is 1. The van der Waals surface area contributed by atoms with Crippen molar-refractivity contribution in [1.29, 1.82) is 0 Å². The van der Waals surface area contributed by atoms with Crippen molar-refractivity contribution in [2.24, 2.45) is 0 Å². The van der Waals surface area contributed by atoms with E-state index in [0.29, 0.717) is 0 Å². The van der Waals surface area contributed by atoms with E-state index in [1.54, 1.807) is 5.09 Å². The van der Waals surface area contributed by atoms with Crippen LogP contribution in [0.4, 0.5) is 4.39 Å². The number of pyridine rings is 1. The van der Waals surface area contributed by atoms with Crippen molar-refractivity contribution < 1.29 is 67.6 Å². The maximum atomic E-state index is 13.2. The van der Waals surface area contributed by atoms with E-state index in [-0.39, 0.29) is 0 Å². The van der Waals surface area contributed by atoms with Gasteiger partial charge in [-0.25, -0.2) is 24.2 Å². The van der Waals surface area contributed by atoms with Crippen LogP contribution in [-0.4, -0.2) is 90.7 Å². The lowest BCUT2D eigenvalue weighted by Gasteiger charge is -2.20. The van der Waals surface area contributed by atoms with Gasteiger partial charge in [0, 0.05) is 19.3 Å². The zero-order chi connectivity index (χ0) is 29.8. The minimum atomic E-state index is -4.83. The number of carbonyl (C=O) groups is 6. The molecule has 0 spiro atoms. The first-order chi connectivity index (χ1) is 18.1. The molecule has 19 heteroatoms. The molecule has 0 aliphatic rings. The van der Waals surface area contributed by atoms with Gasteiger partial charge in [0.2, 0.25) is 11.9 Å². The average molecular weight is 580 g/mol. The second-order valence-corrected chi connectivity index (χ2v) is 9.36. The molecular formula is C20H26FN4O13P. The summed E-state index contributed by atoms with van der Waals surface area (Å²) in [5.41, 5.74) is -0.413. The number of hydrogen-bond acceptors (Lipinski definition) is 9. The molecule has 1 aromatic rings. The number of aromatic nitrogens is 1. The van der Waals surface area contributed by atoms with Gasteiger partial charge in [0.1, 0.15) is 23.8 Å². The smallest absolute Gasteiger partial charge is 0.403 e. The van der Waals surface area contributed by atoms with Crippen molar-refractivity contribution in [2.45, 2.75) is 50.2 Å². The molecule has 3 unspecified atom stereocenters. The van der Waals surface area contributed by atoms with Crippen LogP contribution in [0.1, 0.15) is 42.6 Å². The number of carboxylic acids is 4. The highest BCUT2D eigenvalue weighted by Gasteiger charge is 2.30. The zero-order valence-electron chi connectivity index (χ0n) is 20.0. The van der Waals surface area contributed by atoms with Gasteiger partial charge in [0.25, 0.3) is 5.91 Å². The first kappa shape index (κ1) is 33.0. The average Bonchev–Trinajstić information content (AvgIpc) is 2.82. The molecule has 0 aliphatic carbocycles. The normalized spacial score (nSPS) is 14.7. The Labute approximate surface area is 219 Å². The van der Waals surface area contributed by atoms with Gasteiger partial charge in [-0.3, -0.25) is 23.7 Å². The Hall–Kier alpha value is -3.99. The Morgan fingerprint density at radius 3 is 1.97 bits per heavy atom. The Morgan fingerprint density at radius 2 is 1.44 bits per heavy atom. The van der Waals surface area contributed by atoms with E-state index in [0.717, 1.165) is 12.1 Å². The molecule has 4 atom stereocenters. The summed E-state index contributed by atoms with van der Waals surface area (Å²) in [6.07, 6.45) is -2.84. The SMILES string of the molecule is O=C(O)CCC(NP(=O)(O)OCCC(NC(=O)CC[C@H](NC(=O)c1cccc(F)n1)C(=O)O)C(=O)O)C(=O)O. The van der Waals surface area contributed by atoms with Crippen LogP contribution >= 0.6 is 7.75 Å². The van der Waals surface area contributed by atoms with Crippen molar-refractivity contribution in [3.63, 3.8) is 0 Å². The van der Waals surface area contributed by atoms with Gasteiger partial charge in [-0.15, -0.1) is 0 Å². The molecule has 0 aromatic carbocycles. The predicted octanol–water partition coefficient (Wildman–Crippen LogP) is -0.832. The van der Waals surface area contributed by atoms with Crippen molar-refractivity contribution in [3.05, 3.63) is 29.8 Å². The van der Waals surface area contributed by atoms with Crippen molar-refractivity contribution in [1.82, 2.24) is 20.7 Å². The van der Waals surface area contributed by atoms with Gasteiger partial charge in [-0.1, -0.05) is 6.07 Å². The number of nitrogens with zero attached hydrogens (tertiary/aromatic N) is 1. The van der Waals surface area contributed by atoms with Crippen LogP contribution in [-0.2, 0) is 33.1 Å². The fourth-order valence-electron chi connectivity index (χ4n) is 2.86. The molecule has 2 amide bonds. The van der Waals surface area contributed by atoms with E-state index in [4.69, 9.17) is 10.2 Å². The molecule has 0 aliphatic heterocycles. The maximum absolute atomic E-state index is 13.2. The number of carbonyl (C=O) groups excluding carboxylic acids is 2. The molecule has 1 rings (SSSR count). The lowest BCUT2D eigenvalue weighted by molar-refractivity contribution is -0.143. The summed E-state index contributed by atoms with van der Waals surface area (Å²) in [5.74, 6) is -9.08. The Morgan fingerprint density at radius 1 is 0.872 bits per heavy atom. The number of nitrogens with one attached hydrogen (secondary N) is 3. The third-order valence-corrected chi connectivity index (χ3v) is 5.95. The van der Waals surface area contributed by atoms with Gasteiger partial charge >= 0.3 is 31.6 Å². The Bertz CT molecular complexity index is 1130. The number of aliphatic carboxylic acids is 4. The highest BCUT2D eigenvalue weighted by atomic mass is 31.2. The van der Waals surface area contributed by atoms with Crippen LogP contribution in [0.3, 0.4) is 0 Å². The number of carboxylic acid groups (broad SMARTS) is 4. The number of rotatable bonds is 18. The van der Waals surface area contributed by atoms with Crippen LogP contribution in [0.25, 0.3) is 0 Å². The quantitative estimate of drug-likeness (QED) is 0.0777. The maximum Gasteiger partial charge on any atom is 0.403 e. The van der Waals surface area contributed by atoms with Gasteiger partial charge in [0.15, 0.2) is 0 Å². The number of hydrogen-bond donors (Lipinski definition) is 8. The standard InChI is InChI=1S/C20H26FN4O13P/c21-14-3-1-2-10(22-14)17(29)24-11(18(30)31)4-6-15(26)23-12(19(32)33)8-9-38-39(36,37)25-13(20(34)35)5-7-16(27)28/h1-3,11-13H,4-9H2,(H,23,26)(H,24,29)(H,27,28)(H,30,31)(H,32,33)(H,34,35)(H2,25,36,37)/t11-,12?,13?/m0/s1. The summed E-state index contributed by atoms with van der Waals surface area (Å²) in [6, 6.07) is -1.78. The summed E-state index contributed by atoms with van der Waals surface area (Å²) in [7, 11) is -4.83. The van der Waals surface area contributed by atoms with E-state index in [2.05, 4.69) is 14.8 Å². The Kier molecular flexibility index (Phi) is 13.1.